The number of carbonyl (C=O) groups is 1. The van der Waals surface area contributed by atoms with Gasteiger partial charge in [0.05, 0.1) is 11.4 Å². The van der Waals surface area contributed by atoms with Crippen molar-refractivity contribution in [3.05, 3.63) is 17.0 Å². The van der Waals surface area contributed by atoms with Gasteiger partial charge in [0.2, 0.25) is 0 Å². The van der Waals surface area contributed by atoms with Gasteiger partial charge in [-0.2, -0.15) is 5.10 Å². The lowest BCUT2D eigenvalue weighted by Gasteiger charge is -2.42. The Morgan fingerprint density at radius 1 is 1.35 bits per heavy atom. The second-order valence-electron chi connectivity index (χ2n) is 8.89. The van der Waals surface area contributed by atoms with Crippen molar-refractivity contribution in [2.45, 2.75) is 70.2 Å². The molecule has 1 fully saturated rings. The number of aromatic nitrogens is 2. The van der Waals surface area contributed by atoms with Crippen LogP contribution in [0.5, 0.6) is 0 Å². The molecule has 3 aliphatic rings. The molecule has 4 rings (SSSR count). The minimum Gasteiger partial charge on any atom is -0.598 e. The Bertz CT molecular complexity index is 719. The van der Waals surface area contributed by atoms with Gasteiger partial charge in [-0.05, 0) is 58.4 Å². The van der Waals surface area contributed by atoms with Gasteiger partial charge in [-0.15, -0.1) is 4.72 Å². The van der Waals surface area contributed by atoms with Gasteiger partial charge in [-0.25, -0.2) is 4.79 Å². The van der Waals surface area contributed by atoms with Crippen LogP contribution in [0.15, 0.2) is 0 Å². The Kier molecular flexibility index (Phi) is 4.28. The average molecular weight is 381 g/mol. The molecule has 2 N–H and O–H groups in total. The van der Waals surface area contributed by atoms with Crippen LogP contribution in [0.4, 0.5) is 4.79 Å². The van der Waals surface area contributed by atoms with Crippen molar-refractivity contribution in [3.8, 4) is 0 Å². The van der Waals surface area contributed by atoms with Gasteiger partial charge in [0.25, 0.3) is 0 Å². The summed E-state index contributed by atoms with van der Waals surface area (Å²) >= 11 is -1.18. The lowest BCUT2D eigenvalue weighted by atomic mass is 9.73. The minimum atomic E-state index is -1.18. The fourth-order valence-electron chi connectivity index (χ4n) is 4.65. The van der Waals surface area contributed by atoms with E-state index in [4.69, 9.17) is 5.10 Å². The first-order valence-corrected chi connectivity index (χ1v) is 10.6. The molecule has 1 aromatic heterocycles. The van der Waals surface area contributed by atoms with Crippen molar-refractivity contribution in [2.24, 2.45) is 5.41 Å². The number of nitrogens with zero attached hydrogens (tertiary/aromatic N) is 3. The van der Waals surface area contributed by atoms with E-state index >= 15 is 0 Å². The monoisotopic (exact) mass is 380 g/mol. The average Bonchev–Trinajstić information content (AvgIpc) is 3.19. The smallest absolute Gasteiger partial charge is 0.407 e. The molecule has 0 bridgehead atoms. The zero-order valence-corrected chi connectivity index (χ0v) is 16.6. The Balaban J connectivity index is 1.66. The van der Waals surface area contributed by atoms with E-state index in [0.29, 0.717) is 13.1 Å². The highest BCUT2D eigenvalue weighted by Crippen LogP contribution is 2.52. The third-order valence-electron chi connectivity index (χ3n) is 6.18. The van der Waals surface area contributed by atoms with Crippen molar-refractivity contribution >= 4 is 17.5 Å². The van der Waals surface area contributed by atoms with Crippen LogP contribution in [0.1, 0.15) is 63.0 Å². The summed E-state index contributed by atoms with van der Waals surface area (Å²) in [5, 5.41) is 14.1. The number of piperidine rings is 1. The molecular weight excluding hydrogens is 352 g/mol. The van der Waals surface area contributed by atoms with Crippen LogP contribution in [0.3, 0.4) is 0 Å². The van der Waals surface area contributed by atoms with E-state index in [9.17, 15) is 14.5 Å². The second-order valence-corrected chi connectivity index (χ2v) is 10.9. The lowest BCUT2D eigenvalue weighted by Crippen LogP contribution is -2.50. The lowest BCUT2D eigenvalue weighted by molar-refractivity contribution is 0.0700. The first kappa shape index (κ1) is 18.1. The van der Waals surface area contributed by atoms with Crippen LogP contribution < -0.4 is 4.72 Å². The number of amides is 1. The third kappa shape index (κ3) is 2.82. The molecule has 3 heterocycles. The number of carboxylic acid groups (broad SMARTS) is 1. The molecule has 2 aliphatic heterocycles. The molecule has 1 spiro atoms. The van der Waals surface area contributed by atoms with Gasteiger partial charge in [-0.1, -0.05) is 0 Å². The van der Waals surface area contributed by atoms with E-state index < -0.39 is 17.5 Å². The number of fused-ring (bicyclic) bond motifs is 3. The van der Waals surface area contributed by atoms with Crippen LogP contribution in [0.25, 0.3) is 0 Å². The van der Waals surface area contributed by atoms with Crippen LogP contribution in [0, 0.1) is 5.41 Å². The van der Waals surface area contributed by atoms with Gasteiger partial charge >= 0.3 is 6.09 Å². The molecule has 1 aromatic rings. The maximum Gasteiger partial charge on any atom is 0.407 e. The second kappa shape index (κ2) is 6.14. The highest BCUT2D eigenvalue weighted by Gasteiger charge is 2.53. The first-order chi connectivity index (χ1) is 12.2. The predicted molar refractivity (Wildman–Crippen MR) is 99.3 cm³/mol. The Morgan fingerprint density at radius 3 is 2.65 bits per heavy atom. The summed E-state index contributed by atoms with van der Waals surface area (Å²) in [6.07, 6.45) is 3.92. The fourth-order valence-corrected chi connectivity index (χ4v) is 5.58. The SMILES string of the molecule is CC(C)(C)[S@+]([O-])N[C@@H]1c2c3c(nn2CC12CCN(C(=O)O)CC2)CCC3. The van der Waals surface area contributed by atoms with E-state index in [0.717, 1.165) is 38.6 Å². The third-order valence-corrected chi connectivity index (χ3v) is 7.74. The number of rotatable bonds is 2. The molecule has 26 heavy (non-hydrogen) atoms. The van der Waals surface area contributed by atoms with Crippen molar-refractivity contribution in [1.82, 2.24) is 19.4 Å². The molecule has 0 radical (unpaired) electrons. The molecule has 0 saturated carbocycles. The standard InChI is InChI=1S/C18H28N4O3S/c1-17(2,3)26(25)20-15-14-12-5-4-6-13(12)19-22(14)11-18(15)7-9-21(10-8-18)16(23)24/h15,20H,4-11H2,1-3H3,(H,23,24)/t15-,26+/m1/s1. The van der Waals surface area contributed by atoms with Gasteiger partial charge in [0.15, 0.2) is 0 Å². The Labute approximate surface area is 157 Å². The summed E-state index contributed by atoms with van der Waals surface area (Å²) in [4.78, 5) is 12.8. The molecule has 1 aliphatic carbocycles. The Morgan fingerprint density at radius 2 is 2.04 bits per heavy atom. The summed E-state index contributed by atoms with van der Waals surface area (Å²) in [6, 6.07) is -0.0205. The molecule has 2 atom stereocenters. The summed E-state index contributed by atoms with van der Waals surface area (Å²) in [6.45, 7) is 7.79. The van der Waals surface area contributed by atoms with E-state index in [2.05, 4.69) is 9.40 Å². The molecular formula is C18H28N4O3S. The topological polar surface area (TPSA) is 93.5 Å². The van der Waals surface area contributed by atoms with Crippen molar-refractivity contribution in [3.63, 3.8) is 0 Å². The quantitative estimate of drug-likeness (QED) is 0.768. The molecule has 1 amide bonds. The van der Waals surface area contributed by atoms with Crippen LogP contribution in [-0.2, 0) is 30.7 Å². The molecule has 0 aromatic carbocycles. The van der Waals surface area contributed by atoms with Crippen LogP contribution in [0.2, 0.25) is 0 Å². The van der Waals surface area contributed by atoms with Crippen LogP contribution >= 0.6 is 0 Å². The fraction of sp³-hybridized carbons (Fsp3) is 0.778. The molecule has 1 saturated heterocycles. The van der Waals surface area contributed by atoms with E-state index in [1.165, 1.54) is 21.9 Å². The zero-order valence-electron chi connectivity index (χ0n) is 15.7. The normalized spacial score (nSPS) is 25.4. The number of nitrogens with one attached hydrogen (secondary N) is 1. The largest absolute Gasteiger partial charge is 0.598 e. The number of hydrogen-bond acceptors (Lipinski definition) is 4. The summed E-state index contributed by atoms with van der Waals surface area (Å²) in [7, 11) is 0. The van der Waals surface area contributed by atoms with Crippen molar-refractivity contribution in [2.75, 3.05) is 13.1 Å². The first-order valence-electron chi connectivity index (χ1n) is 9.46. The van der Waals surface area contributed by atoms with E-state index in [-0.39, 0.29) is 16.2 Å². The summed E-state index contributed by atoms with van der Waals surface area (Å²) < 4.78 is 18.1. The highest BCUT2D eigenvalue weighted by atomic mass is 32.2. The predicted octanol–water partition coefficient (Wildman–Crippen LogP) is 2.24. The Hall–Kier alpha value is -1.25. The minimum absolute atomic E-state index is 0.0205. The summed E-state index contributed by atoms with van der Waals surface area (Å²) in [5.41, 5.74) is 3.64. The zero-order chi connectivity index (χ0) is 18.7. The van der Waals surface area contributed by atoms with Crippen molar-refractivity contribution in [1.29, 1.82) is 0 Å². The van der Waals surface area contributed by atoms with E-state index in [1.807, 2.05) is 20.8 Å². The maximum absolute atomic E-state index is 12.9. The van der Waals surface area contributed by atoms with Crippen molar-refractivity contribution < 1.29 is 14.5 Å². The number of hydrogen-bond donors (Lipinski definition) is 2. The number of aryl methyl sites for hydroxylation is 1. The summed E-state index contributed by atoms with van der Waals surface area (Å²) in [5.74, 6) is 0. The van der Waals surface area contributed by atoms with Crippen LogP contribution in [-0.4, -0.2) is 48.3 Å². The molecule has 0 unspecified atom stereocenters. The highest BCUT2D eigenvalue weighted by molar-refractivity contribution is 7.90. The van der Waals surface area contributed by atoms with Gasteiger partial charge in [0, 0.05) is 36.4 Å². The van der Waals surface area contributed by atoms with Gasteiger partial charge in [0.1, 0.15) is 10.8 Å². The maximum atomic E-state index is 12.9. The molecule has 8 heteroatoms. The number of likely N-dealkylation sites (tertiary alicyclic amines) is 1. The van der Waals surface area contributed by atoms with Gasteiger partial charge < -0.3 is 14.6 Å². The molecule has 7 nitrogen and oxygen atoms in total. The van der Waals surface area contributed by atoms with E-state index in [1.54, 1.807) is 0 Å². The van der Waals surface area contributed by atoms with Gasteiger partial charge in [-0.3, -0.25) is 4.68 Å². The molecule has 144 valence electrons.